The molecule has 1 fully saturated rings. The number of carbonyl (C=O) groups excluding carboxylic acids is 2. The molecule has 0 bridgehead atoms. The van der Waals surface area contributed by atoms with E-state index in [1.54, 1.807) is 6.92 Å². The largest absolute Gasteiger partial charge is 0.480 e. The molecule has 0 radical (unpaired) electrons. The quantitative estimate of drug-likeness (QED) is 0.629. The average molecular weight is 303 g/mol. The summed E-state index contributed by atoms with van der Waals surface area (Å²) in [4.78, 5) is 36.1. The first-order chi connectivity index (χ1) is 9.25. The molecule has 0 spiro atoms. The van der Waals surface area contributed by atoms with Crippen LogP contribution in [0.1, 0.15) is 20.8 Å². The summed E-state index contributed by atoms with van der Waals surface area (Å²) in [5, 5.41) is 11.3. The zero-order valence-electron chi connectivity index (χ0n) is 11.8. The van der Waals surface area contributed by atoms with Gasteiger partial charge in [-0.05, 0) is 12.8 Å². The van der Waals surface area contributed by atoms with Crippen LogP contribution in [0, 0.1) is 5.92 Å². The van der Waals surface area contributed by atoms with E-state index in [0.717, 1.165) is 0 Å². The van der Waals surface area contributed by atoms with Gasteiger partial charge < -0.3 is 21.1 Å². The number of nitrogens with two attached hydrogens (primary N) is 1. The van der Waals surface area contributed by atoms with Crippen LogP contribution >= 0.6 is 11.8 Å². The summed E-state index contributed by atoms with van der Waals surface area (Å²) in [6, 6.07) is -1.51. The summed E-state index contributed by atoms with van der Waals surface area (Å²) < 4.78 is 0. The van der Waals surface area contributed by atoms with Crippen molar-refractivity contribution >= 4 is 29.5 Å². The summed E-state index contributed by atoms with van der Waals surface area (Å²) >= 11 is 1.40. The minimum absolute atomic E-state index is 0.0295. The normalized spacial score (nSPS) is 23.8. The van der Waals surface area contributed by atoms with E-state index in [4.69, 9.17) is 10.8 Å². The van der Waals surface area contributed by atoms with Crippen molar-refractivity contribution < 1.29 is 19.5 Å². The first-order valence-corrected chi connectivity index (χ1v) is 7.49. The number of carbonyl (C=O) groups is 3. The molecule has 0 aromatic rings. The first-order valence-electron chi connectivity index (χ1n) is 6.44. The van der Waals surface area contributed by atoms with Crippen molar-refractivity contribution in [3.63, 3.8) is 0 Å². The third-order valence-corrected chi connectivity index (χ3v) is 4.45. The van der Waals surface area contributed by atoms with Crippen molar-refractivity contribution in [1.29, 1.82) is 0 Å². The minimum Gasteiger partial charge on any atom is -0.480 e. The molecular weight excluding hydrogens is 282 g/mol. The average Bonchev–Trinajstić information content (AvgIpc) is 2.76. The van der Waals surface area contributed by atoms with Gasteiger partial charge in [0.1, 0.15) is 6.04 Å². The number of carboxylic acids is 1. The Bertz CT molecular complexity index is 402. The second kappa shape index (κ2) is 6.94. The predicted octanol–water partition coefficient (Wildman–Crippen LogP) is -0.539. The van der Waals surface area contributed by atoms with Crippen LogP contribution in [-0.4, -0.2) is 57.5 Å². The van der Waals surface area contributed by atoms with Gasteiger partial charge in [-0.3, -0.25) is 9.59 Å². The van der Waals surface area contributed by atoms with Gasteiger partial charge >= 0.3 is 5.97 Å². The van der Waals surface area contributed by atoms with Gasteiger partial charge in [0.15, 0.2) is 0 Å². The topological polar surface area (TPSA) is 113 Å². The van der Waals surface area contributed by atoms with E-state index in [0.29, 0.717) is 5.75 Å². The Hall–Kier alpha value is -1.28. The van der Waals surface area contributed by atoms with Gasteiger partial charge in [0.25, 0.3) is 0 Å². The number of rotatable bonds is 5. The Morgan fingerprint density at radius 3 is 2.55 bits per heavy atom. The number of amides is 2. The minimum atomic E-state index is -1.03. The summed E-state index contributed by atoms with van der Waals surface area (Å²) in [6.07, 6.45) is 0. The molecule has 2 unspecified atom stereocenters. The number of hydrogen-bond acceptors (Lipinski definition) is 5. The summed E-state index contributed by atoms with van der Waals surface area (Å²) in [6.45, 7) is 5.17. The maximum atomic E-state index is 12.1. The van der Waals surface area contributed by atoms with Crippen LogP contribution < -0.4 is 11.1 Å². The van der Waals surface area contributed by atoms with Gasteiger partial charge in [0.05, 0.1) is 18.0 Å². The van der Waals surface area contributed by atoms with Crippen LogP contribution in [0.5, 0.6) is 0 Å². The van der Waals surface area contributed by atoms with E-state index in [9.17, 15) is 14.4 Å². The van der Waals surface area contributed by atoms with Gasteiger partial charge in [-0.1, -0.05) is 13.8 Å². The van der Waals surface area contributed by atoms with Gasteiger partial charge in [0, 0.05) is 5.75 Å². The highest BCUT2D eigenvalue weighted by molar-refractivity contribution is 8.00. The molecule has 0 aromatic carbocycles. The van der Waals surface area contributed by atoms with E-state index < -0.39 is 29.9 Å². The molecule has 1 aliphatic rings. The number of thioether (sulfide) groups is 1. The van der Waals surface area contributed by atoms with Crippen molar-refractivity contribution in [2.45, 2.75) is 38.2 Å². The van der Waals surface area contributed by atoms with Crippen molar-refractivity contribution in [2.75, 3.05) is 12.3 Å². The van der Waals surface area contributed by atoms with E-state index in [1.165, 1.54) is 16.7 Å². The molecule has 2 amide bonds. The molecule has 4 N–H and O–H groups in total. The van der Waals surface area contributed by atoms with Gasteiger partial charge in [-0.15, -0.1) is 11.8 Å². The molecule has 0 saturated carbocycles. The van der Waals surface area contributed by atoms with E-state index >= 15 is 0 Å². The van der Waals surface area contributed by atoms with Crippen LogP contribution in [0.2, 0.25) is 0 Å². The molecule has 8 heteroatoms. The molecule has 20 heavy (non-hydrogen) atoms. The molecule has 7 nitrogen and oxygen atoms in total. The van der Waals surface area contributed by atoms with Crippen LogP contribution in [0.25, 0.3) is 0 Å². The lowest BCUT2D eigenvalue weighted by atomic mass is 10.1. The Kier molecular flexibility index (Phi) is 5.82. The van der Waals surface area contributed by atoms with Gasteiger partial charge in [0.2, 0.25) is 11.8 Å². The van der Waals surface area contributed by atoms with Gasteiger partial charge in [-0.25, -0.2) is 4.79 Å². The van der Waals surface area contributed by atoms with Crippen LogP contribution in [0.4, 0.5) is 0 Å². The molecule has 3 atom stereocenters. The third-order valence-electron chi connectivity index (χ3n) is 3.23. The molecule has 1 aliphatic heterocycles. The number of aliphatic carboxylic acids is 1. The van der Waals surface area contributed by atoms with Crippen molar-refractivity contribution in [2.24, 2.45) is 11.7 Å². The van der Waals surface area contributed by atoms with E-state index in [1.807, 2.05) is 13.8 Å². The van der Waals surface area contributed by atoms with Crippen LogP contribution in [-0.2, 0) is 14.4 Å². The van der Waals surface area contributed by atoms with E-state index in [-0.39, 0.29) is 17.8 Å². The standard InChI is InChI=1S/C12H21N3O4S/c1-6(2)10(13)11(17)14-4-9(16)15-7(3)20-5-8(15)12(18)19/h6-8,10H,4-5,13H2,1-3H3,(H,14,17)(H,18,19)/t7?,8?,10-/m0/s1. The first kappa shape index (κ1) is 16.8. The zero-order valence-corrected chi connectivity index (χ0v) is 12.6. The highest BCUT2D eigenvalue weighted by atomic mass is 32.2. The highest BCUT2D eigenvalue weighted by Crippen LogP contribution is 2.28. The monoisotopic (exact) mass is 303 g/mol. The second-order valence-electron chi connectivity index (χ2n) is 5.08. The van der Waals surface area contributed by atoms with Crippen molar-refractivity contribution in [3.8, 4) is 0 Å². The Morgan fingerprint density at radius 1 is 1.45 bits per heavy atom. The van der Waals surface area contributed by atoms with Gasteiger partial charge in [-0.2, -0.15) is 0 Å². The molecule has 1 heterocycles. The Balaban J connectivity index is 2.58. The molecule has 1 saturated heterocycles. The number of nitrogens with zero attached hydrogens (tertiary/aromatic N) is 1. The van der Waals surface area contributed by atoms with Crippen LogP contribution in [0.15, 0.2) is 0 Å². The fourth-order valence-corrected chi connectivity index (χ4v) is 3.07. The van der Waals surface area contributed by atoms with Crippen molar-refractivity contribution in [1.82, 2.24) is 10.2 Å². The molecular formula is C12H21N3O4S. The third kappa shape index (κ3) is 3.86. The number of hydrogen-bond donors (Lipinski definition) is 3. The number of nitrogens with one attached hydrogen (secondary N) is 1. The fourth-order valence-electron chi connectivity index (χ4n) is 1.89. The zero-order chi connectivity index (χ0) is 15.4. The van der Waals surface area contributed by atoms with Crippen molar-refractivity contribution in [3.05, 3.63) is 0 Å². The Morgan fingerprint density at radius 2 is 2.05 bits per heavy atom. The molecule has 1 rings (SSSR count). The predicted molar refractivity (Wildman–Crippen MR) is 76.0 cm³/mol. The molecule has 0 aromatic heterocycles. The second-order valence-corrected chi connectivity index (χ2v) is 6.42. The SMILES string of the molecule is CC(C)[C@H](N)C(=O)NCC(=O)N1C(C)SCC1C(=O)O. The smallest absolute Gasteiger partial charge is 0.327 e. The highest BCUT2D eigenvalue weighted by Gasteiger charge is 2.39. The molecule has 0 aliphatic carbocycles. The molecule has 114 valence electrons. The summed E-state index contributed by atoms with van der Waals surface area (Å²) in [5.74, 6) is -1.50. The summed E-state index contributed by atoms with van der Waals surface area (Å²) in [7, 11) is 0. The van der Waals surface area contributed by atoms with Crippen LogP contribution in [0.3, 0.4) is 0 Å². The lowest BCUT2D eigenvalue weighted by Gasteiger charge is -2.25. The van der Waals surface area contributed by atoms with E-state index in [2.05, 4.69) is 5.32 Å². The maximum absolute atomic E-state index is 12.1. The Labute approximate surface area is 122 Å². The maximum Gasteiger partial charge on any atom is 0.327 e. The lowest BCUT2D eigenvalue weighted by Crippen LogP contribution is -2.51. The summed E-state index contributed by atoms with van der Waals surface area (Å²) in [5.41, 5.74) is 5.67. The number of carboxylic acid groups (broad SMARTS) is 1. The lowest BCUT2D eigenvalue weighted by molar-refractivity contribution is -0.148. The fraction of sp³-hybridized carbons (Fsp3) is 0.750.